The summed E-state index contributed by atoms with van der Waals surface area (Å²) in [5.41, 5.74) is -2.67. The number of hydrogen-bond donors (Lipinski definition) is 8. The summed E-state index contributed by atoms with van der Waals surface area (Å²) in [6, 6.07) is -12.3. The predicted molar refractivity (Wildman–Crippen MR) is 506 cm³/mol. The molecule has 738 valence electrons. The number of Topliss-reactive ketones (excluding diaryl/α,β-unsaturated/α-hetero) is 1. The minimum absolute atomic E-state index is 0.0229. The third kappa shape index (κ3) is 26.0. The molecule has 0 bridgehead atoms. The molecule has 5 aliphatic rings. The molecule has 1 spiro atoms. The first kappa shape index (κ1) is 112. The molecule has 32 heteroatoms. The van der Waals surface area contributed by atoms with Gasteiger partial charge in [0.15, 0.2) is 11.4 Å². The van der Waals surface area contributed by atoms with E-state index in [0.29, 0.717) is 49.0 Å². The molecule has 0 aromatic heterocycles. The van der Waals surface area contributed by atoms with Crippen LogP contribution in [0.25, 0.3) is 6.08 Å². The third-order valence-electron chi connectivity index (χ3n) is 26.1. The Hall–Kier alpha value is -10.2. The van der Waals surface area contributed by atoms with Crippen molar-refractivity contribution >= 4 is 88.8 Å². The molecule has 1 aromatic carbocycles. The van der Waals surface area contributed by atoms with Gasteiger partial charge in [0.05, 0.1) is 23.8 Å². The van der Waals surface area contributed by atoms with Crippen molar-refractivity contribution in [3.63, 3.8) is 0 Å². The number of carbonyl (C=O) groups excluding carboxylic acids is 12. The number of aromatic hydroxyl groups is 1. The fourth-order valence-electron chi connectivity index (χ4n) is 18.3. The van der Waals surface area contributed by atoms with Gasteiger partial charge in [0, 0.05) is 78.4 Å². The van der Waals surface area contributed by atoms with Crippen molar-refractivity contribution in [2.24, 2.45) is 47.3 Å². The molecule has 2 fully saturated rings. The number of phenols is 1. The van der Waals surface area contributed by atoms with Gasteiger partial charge in [0.1, 0.15) is 88.8 Å². The Kier molecular flexibility index (Phi) is 40.1. The Morgan fingerprint density at radius 2 is 1.08 bits per heavy atom. The van der Waals surface area contributed by atoms with E-state index in [1.165, 1.54) is 106 Å². The number of ketones is 1. The van der Waals surface area contributed by atoms with Gasteiger partial charge in [-0.2, -0.15) is 0 Å². The number of likely N-dealkylation sites (N-methyl/N-ethyl adjacent to an activating group) is 7. The standard InChI is InChI=1S/C62H111N11O12.C38H46O9/c1-25-27-28-40(15)52(75)51-56(79)65-43(26-2)58(81)67(18)33-48(74)68(19)44(29-34(3)4)55(78)66-49(38(11)12)61(84)69(20)45(30-35(5)6)54(77)63-41(16)53(76)64-42(17)57(80)70(21)46(31-36(7)8)59(82)71(22)47(32-37(9)10)60(83)72(23)50(39(13)14)62(85)73(51)24;1-21(2)11-10-18-36(8)19-17-24-29(39)28-30(40)26-12-9-13-27-35(6,7)47-37(34(43)44,20-16-23(5)33(41)42)38(26,27)46-32(28)25(31(24)45-36)15-14-22(3)4/h25,27,34-47,49-52,75H,26,28-33H2,1-24H3,(H,63,77)(H,64,76)(H,65,79)(H,66,78);11-12,14,16-17,19,27,39H,9-10,13,15,18,20H2,1-8H3,(H,41,42)(H,43,44). The van der Waals surface area contributed by atoms with Gasteiger partial charge in [-0.25, -0.2) is 9.59 Å². The number of carbonyl (C=O) groups is 14. The number of rotatable bonds is 24. The molecule has 8 N–H and O–H groups in total. The maximum Gasteiger partial charge on any atom is 0.340 e. The van der Waals surface area contributed by atoms with E-state index in [0.717, 1.165) is 21.8 Å². The molecular weight excluding hydrogens is 1690 g/mol. The second kappa shape index (κ2) is 47.1. The molecule has 6 rings (SSSR count). The maximum atomic E-state index is 15.1. The van der Waals surface area contributed by atoms with Gasteiger partial charge in [-0.1, -0.05) is 145 Å². The monoisotopic (exact) mass is 1850 g/mol. The number of hydrogen-bond acceptors (Lipinski definition) is 19. The highest BCUT2D eigenvalue weighted by Crippen LogP contribution is 2.65. The van der Waals surface area contributed by atoms with Gasteiger partial charge in [-0.05, 0) is 200 Å². The number of aliphatic hydroxyl groups is 1. The van der Waals surface area contributed by atoms with Crippen molar-refractivity contribution in [2.75, 3.05) is 55.9 Å². The van der Waals surface area contributed by atoms with Gasteiger partial charge in [-0.3, -0.25) is 57.5 Å². The van der Waals surface area contributed by atoms with Crippen LogP contribution in [0.5, 0.6) is 17.2 Å². The van der Waals surface area contributed by atoms with E-state index in [-0.39, 0.29) is 90.4 Å². The fourth-order valence-corrected chi connectivity index (χ4v) is 18.3. The number of fused-ring (bicyclic) bond motifs is 2. The summed E-state index contributed by atoms with van der Waals surface area (Å²) in [4.78, 5) is 209. The van der Waals surface area contributed by atoms with Crippen LogP contribution in [-0.2, 0) is 73.5 Å². The van der Waals surface area contributed by atoms with Crippen molar-refractivity contribution in [2.45, 2.75) is 339 Å². The van der Waals surface area contributed by atoms with Crippen LogP contribution in [0, 0.1) is 47.3 Å². The maximum absolute atomic E-state index is 15.1. The van der Waals surface area contributed by atoms with E-state index in [9.17, 15) is 78.0 Å². The number of aliphatic hydroxyl groups excluding tert-OH is 1. The van der Waals surface area contributed by atoms with Crippen LogP contribution in [0.4, 0.5) is 0 Å². The van der Waals surface area contributed by atoms with Crippen molar-refractivity contribution < 1.29 is 102 Å². The molecule has 11 amide bonds. The number of phenolic OH excluding ortho intramolecular Hbond substituents is 1. The topological polar surface area (TPSA) is 418 Å². The average molecular weight is 1850 g/mol. The Morgan fingerprint density at radius 1 is 0.576 bits per heavy atom. The van der Waals surface area contributed by atoms with Crippen LogP contribution < -0.4 is 30.7 Å². The molecule has 132 heavy (non-hydrogen) atoms. The summed E-state index contributed by atoms with van der Waals surface area (Å²) in [5, 5.41) is 55.5. The minimum atomic E-state index is -2.16. The number of nitrogens with zero attached hydrogens (tertiary/aromatic N) is 7. The lowest BCUT2D eigenvalue weighted by molar-refractivity contribution is -0.184. The number of nitrogens with one attached hydrogen (secondary N) is 4. The second-order valence-electron chi connectivity index (χ2n) is 40.6. The highest BCUT2D eigenvalue weighted by Gasteiger charge is 2.77. The molecule has 32 nitrogen and oxygen atoms in total. The lowest BCUT2D eigenvalue weighted by Crippen LogP contribution is -2.66. The molecule has 16 unspecified atom stereocenters. The number of aliphatic carboxylic acids is 2. The Balaban J connectivity index is 0.000000546. The van der Waals surface area contributed by atoms with Crippen molar-refractivity contribution in [1.29, 1.82) is 0 Å². The molecule has 16 atom stereocenters. The van der Waals surface area contributed by atoms with Crippen molar-refractivity contribution in [1.82, 2.24) is 55.6 Å². The van der Waals surface area contributed by atoms with E-state index in [1.807, 2.05) is 108 Å². The van der Waals surface area contributed by atoms with Gasteiger partial charge in [0.2, 0.25) is 70.6 Å². The zero-order valence-corrected chi connectivity index (χ0v) is 84.6. The number of ether oxygens (including phenoxy) is 3. The van der Waals surface area contributed by atoms with E-state index < -0.39 is 202 Å². The summed E-state index contributed by atoms with van der Waals surface area (Å²) < 4.78 is 20.2. The summed E-state index contributed by atoms with van der Waals surface area (Å²) >= 11 is 0. The third-order valence-corrected chi connectivity index (χ3v) is 26.1. The highest BCUT2D eigenvalue weighted by atomic mass is 16.6. The summed E-state index contributed by atoms with van der Waals surface area (Å²) in [5.74, 6) is -13.2. The Labute approximate surface area is 783 Å². The molecule has 1 aromatic rings. The van der Waals surface area contributed by atoms with E-state index in [2.05, 4.69) is 27.3 Å². The van der Waals surface area contributed by atoms with Crippen LogP contribution in [0.1, 0.15) is 265 Å². The first-order chi connectivity index (χ1) is 61.1. The van der Waals surface area contributed by atoms with Crippen molar-refractivity contribution in [3.05, 3.63) is 81.5 Å². The first-order valence-corrected chi connectivity index (χ1v) is 46.8. The molecule has 0 saturated carbocycles. The van der Waals surface area contributed by atoms with Crippen LogP contribution >= 0.6 is 0 Å². The second-order valence-corrected chi connectivity index (χ2v) is 40.6. The molecule has 4 heterocycles. The lowest BCUT2D eigenvalue weighted by atomic mass is 9.60. The van der Waals surface area contributed by atoms with E-state index in [4.69, 9.17) is 14.2 Å². The predicted octanol–water partition coefficient (Wildman–Crippen LogP) is 10.8. The average Bonchev–Trinajstić information content (AvgIpc) is 1.48. The highest BCUT2D eigenvalue weighted by molar-refractivity contribution is 6.17. The number of carboxylic acid groups (broad SMARTS) is 2. The molecule has 1 aliphatic carbocycles. The zero-order valence-electron chi connectivity index (χ0n) is 84.6. The van der Waals surface area contributed by atoms with Crippen LogP contribution in [0.3, 0.4) is 0 Å². The largest absolute Gasteiger partial charge is 0.506 e. The fraction of sp³-hybridized carbons (Fsp3) is 0.680. The Morgan fingerprint density at radius 3 is 1.59 bits per heavy atom. The van der Waals surface area contributed by atoms with Gasteiger partial charge in [-0.15, -0.1) is 0 Å². The van der Waals surface area contributed by atoms with Gasteiger partial charge in [0.25, 0.3) is 0 Å². The molecule has 4 aliphatic heterocycles. The summed E-state index contributed by atoms with van der Waals surface area (Å²) in [6.07, 6.45) is 16.2. The van der Waals surface area contributed by atoms with Gasteiger partial charge >= 0.3 is 11.9 Å². The number of carboxylic acids is 2. The van der Waals surface area contributed by atoms with E-state index >= 15 is 9.59 Å². The smallest absolute Gasteiger partial charge is 0.340 e. The van der Waals surface area contributed by atoms with Crippen LogP contribution in [0.15, 0.2) is 64.8 Å². The first-order valence-electron chi connectivity index (χ1n) is 46.8. The number of amides is 11. The minimum Gasteiger partial charge on any atom is -0.506 e. The SMILES string of the molecule is CC(C)=CCCC1(C)C=Cc2c(O)c3c(c(CC=C(C)C)c2O1)OC12C(=CCCC1C(C)(C)OC2(CC=C(C)C(=O)O)C(=O)O)C3=O.CC=CCC(C)C(O)C1C(=O)NC(CC)C(=O)N(C)CC(=O)N(C)C(CC(C)C)C(=O)NC(C(C)C)C(=O)N(C)C(CC(C)C)C(=O)NC(C)C(=O)NC(C)C(=O)N(C)C(CC(C)C)C(=O)N(C)C(CC(C)C)C(=O)N(C)C(C(C)C)C(=O)N1C. The summed E-state index contributed by atoms with van der Waals surface area (Å²) in [7, 11) is 9.92. The Bertz CT molecular complexity index is 4590. The zero-order chi connectivity index (χ0) is 101. The molecule has 0 radical (unpaired) electrons. The van der Waals surface area contributed by atoms with Gasteiger partial charge < -0.3 is 90.2 Å². The molecule has 2 saturated heterocycles. The summed E-state index contributed by atoms with van der Waals surface area (Å²) in [6.45, 7) is 44.2. The van der Waals surface area contributed by atoms with Crippen LogP contribution in [-0.4, -0.2) is 282 Å². The lowest BCUT2D eigenvalue weighted by Gasteiger charge is -2.50. The number of allylic oxidation sites excluding steroid dienone is 7. The molecular formula is C100H157N11O21. The number of benzene rings is 1. The quantitative estimate of drug-likeness (QED) is 0.0352. The van der Waals surface area contributed by atoms with E-state index in [1.54, 1.807) is 80.5 Å². The van der Waals surface area contributed by atoms with Crippen LogP contribution in [0.2, 0.25) is 0 Å². The van der Waals surface area contributed by atoms with Crippen molar-refractivity contribution in [3.8, 4) is 17.2 Å². The normalized spacial score (nSPS) is 27.4.